The van der Waals surface area contributed by atoms with E-state index in [1.54, 1.807) is 24.3 Å². The number of primary amides is 1. The van der Waals surface area contributed by atoms with Crippen molar-refractivity contribution in [3.8, 4) is 0 Å². The van der Waals surface area contributed by atoms with Crippen LogP contribution in [-0.2, 0) is 11.3 Å². The van der Waals surface area contributed by atoms with Crippen LogP contribution in [0.5, 0.6) is 0 Å². The first-order valence-corrected chi connectivity index (χ1v) is 7.38. The molecule has 1 heterocycles. The highest BCUT2D eigenvalue weighted by Gasteiger charge is 2.10. The number of para-hydroxylation sites is 2. The fraction of sp³-hybridized carbons (Fsp3) is 0.111. The summed E-state index contributed by atoms with van der Waals surface area (Å²) in [7, 11) is 0. The topological polar surface area (TPSA) is 77.1 Å². The number of fused-ring (bicyclic) bond motifs is 1. The maximum absolute atomic E-state index is 12.1. The van der Waals surface area contributed by atoms with Gasteiger partial charge in [0.05, 0.1) is 11.3 Å². The Morgan fingerprint density at radius 2 is 1.74 bits per heavy atom. The molecule has 0 aliphatic rings. The molecule has 5 heteroatoms. The van der Waals surface area contributed by atoms with E-state index < -0.39 is 5.91 Å². The molecule has 0 aliphatic carbocycles. The lowest BCUT2D eigenvalue weighted by Crippen LogP contribution is -2.19. The zero-order valence-corrected chi connectivity index (χ0v) is 12.5. The standard InChI is InChI=1S/C18H17N3O2/c19-18(23)14-6-2-3-7-15(14)20-17(22)10-12-21-11-9-13-5-1-4-8-16(13)21/h1-9,11H,10,12H2,(H2,19,23)(H,20,22). The number of aromatic nitrogens is 1. The van der Waals surface area contributed by atoms with Crippen LogP contribution in [0.2, 0.25) is 0 Å². The van der Waals surface area contributed by atoms with Crippen LogP contribution in [0.15, 0.2) is 60.8 Å². The van der Waals surface area contributed by atoms with E-state index in [1.807, 2.05) is 41.1 Å². The van der Waals surface area contributed by atoms with E-state index in [1.165, 1.54) is 0 Å². The molecule has 0 saturated carbocycles. The van der Waals surface area contributed by atoms with Crippen LogP contribution in [0.3, 0.4) is 0 Å². The number of nitrogens with zero attached hydrogens (tertiary/aromatic N) is 1. The van der Waals surface area contributed by atoms with Crippen molar-refractivity contribution in [1.29, 1.82) is 0 Å². The molecule has 3 N–H and O–H groups in total. The third kappa shape index (κ3) is 3.23. The number of hydrogen-bond acceptors (Lipinski definition) is 2. The van der Waals surface area contributed by atoms with Gasteiger partial charge in [-0.15, -0.1) is 0 Å². The maximum Gasteiger partial charge on any atom is 0.250 e. The Hall–Kier alpha value is -3.08. The summed E-state index contributed by atoms with van der Waals surface area (Å²) in [6.07, 6.45) is 2.28. The molecule has 0 aliphatic heterocycles. The summed E-state index contributed by atoms with van der Waals surface area (Å²) in [5.74, 6) is -0.714. The number of carbonyl (C=O) groups excluding carboxylic acids is 2. The first kappa shape index (κ1) is 14.8. The second-order valence-electron chi connectivity index (χ2n) is 5.28. The zero-order chi connectivity index (χ0) is 16.2. The Morgan fingerprint density at radius 3 is 2.57 bits per heavy atom. The Balaban J connectivity index is 1.68. The molecule has 0 atom stereocenters. The van der Waals surface area contributed by atoms with Gasteiger partial charge in [0, 0.05) is 24.7 Å². The van der Waals surface area contributed by atoms with Gasteiger partial charge in [0.15, 0.2) is 0 Å². The second kappa shape index (κ2) is 6.36. The number of benzene rings is 2. The summed E-state index contributed by atoms with van der Waals surface area (Å²) >= 11 is 0. The Morgan fingerprint density at radius 1 is 1.00 bits per heavy atom. The lowest BCUT2D eigenvalue weighted by Gasteiger charge is -2.09. The summed E-state index contributed by atoms with van der Waals surface area (Å²) in [6.45, 7) is 0.568. The van der Waals surface area contributed by atoms with E-state index in [-0.39, 0.29) is 5.91 Å². The van der Waals surface area contributed by atoms with Crippen LogP contribution in [0.25, 0.3) is 10.9 Å². The SMILES string of the molecule is NC(=O)c1ccccc1NC(=O)CCn1ccc2ccccc21. The lowest BCUT2D eigenvalue weighted by molar-refractivity contribution is -0.116. The number of nitrogens with one attached hydrogen (secondary N) is 1. The average Bonchev–Trinajstić information content (AvgIpc) is 2.96. The summed E-state index contributed by atoms with van der Waals surface area (Å²) in [5, 5.41) is 3.89. The van der Waals surface area contributed by atoms with Gasteiger partial charge in [-0.05, 0) is 29.7 Å². The molecule has 2 amide bonds. The van der Waals surface area contributed by atoms with Crippen molar-refractivity contribution in [2.24, 2.45) is 5.73 Å². The molecule has 3 rings (SSSR count). The van der Waals surface area contributed by atoms with Crippen molar-refractivity contribution in [3.05, 3.63) is 66.4 Å². The van der Waals surface area contributed by atoms with E-state index >= 15 is 0 Å². The molecule has 0 spiro atoms. The summed E-state index contributed by atoms with van der Waals surface area (Å²) in [6, 6.07) is 16.8. The summed E-state index contributed by atoms with van der Waals surface area (Å²) in [5.41, 5.74) is 7.16. The molecule has 0 unspecified atom stereocenters. The molecule has 1 aromatic heterocycles. The highest BCUT2D eigenvalue weighted by Crippen LogP contribution is 2.17. The fourth-order valence-corrected chi connectivity index (χ4v) is 2.58. The normalized spacial score (nSPS) is 10.6. The molecule has 0 radical (unpaired) electrons. The van der Waals surface area contributed by atoms with Gasteiger partial charge >= 0.3 is 0 Å². The van der Waals surface area contributed by atoms with Crippen LogP contribution in [0, 0.1) is 0 Å². The Kier molecular flexibility index (Phi) is 4.10. The second-order valence-corrected chi connectivity index (χ2v) is 5.28. The van der Waals surface area contributed by atoms with Crippen molar-refractivity contribution >= 4 is 28.4 Å². The first-order chi connectivity index (χ1) is 11.1. The summed E-state index contributed by atoms with van der Waals surface area (Å²) < 4.78 is 2.04. The number of anilines is 1. The summed E-state index contributed by atoms with van der Waals surface area (Å²) in [4.78, 5) is 23.5. The van der Waals surface area contributed by atoms with Crippen LogP contribution in [0.4, 0.5) is 5.69 Å². The highest BCUT2D eigenvalue weighted by atomic mass is 16.2. The van der Waals surface area contributed by atoms with E-state index in [4.69, 9.17) is 5.73 Å². The molecule has 0 saturated heterocycles. The van der Waals surface area contributed by atoms with Crippen molar-refractivity contribution in [1.82, 2.24) is 4.57 Å². The van der Waals surface area contributed by atoms with E-state index in [9.17, 15) is 9.59 Å². The zero-order valence-electron chi connectivity index (χ0n) is 12.5. The number of nitrogens with two attached hydrogens (primary N) is 1. The van der Waals surface area contributed by atoms with Gasteiger partial charge in [-0.3, -0.25) is 9.59 Å². The van der Waals surface area contributed by atoms with Gasteiger partial charge < -0.3 is 15.6 Å². The molecule has 0 fully saturated rings. The third-order valence-electron chi connectivity index (χ3n) is 3.73. The predicted molar refractivity (Wildman–Crippen MR) is 90.1 cm³/mol. The molecular formula is C18H17N3O2. The van der Waals surface area contributed by atoms with E-state index in [0.29, 0.717) is 24.2 Å². The van der Waals surface area contributed by atoms with Crippen molar-refractivity contribution in [2.45, 2.75) is 13.0 Å². The minimum absolute atomic E-state index is 0.156. The maximum atomic E-state index is 12.1. The van der Waals surface area contributed by atoms with Crippen LogP contribution in [0.1, 0.15) is 16.8 Å². The largest absolute Gasteiger partial charge is 0.366 e. The van der Waals surface area contributed by atoms with Crippen LogP contribution >= 0.6 is 0 Å². The lowest BCUT2D eigenvalue weighted by atomic mass is 10.1. The molecule has 23 heavy (non-hydrogen) atoms. The minimum Gasteiger partial charge on any atom is -0.366 e. The third-order valence-corrected chi connectivity index (χ3v) is 3.73. The molecular weight excluding hydrogens is 290 g/mol. The number of rotatable bonds is 5. The van der Waals surface area contributed by atoms with Gasteiger partial charge in [-0.2, -0.15) is 0 Å². The van der Waals surface area contributed by atoms with Crippen molar-refractivity contribution in [3.63, 3.8) is 0 Å². The van der Waals surface area contributed by atoms with Gasteiger partial charge in [0.2, 0.25) is 5.91 Å². The number of hydrogen-bond donors (Lipinski definition) is 2. The number of carbonyl (C=O) groups is 2. The van der Waals surface area contributed by atoms with Crippen LogP contribution in [-0.4, -0.2) is 16.4 Å². The number of aryl methyl sites for hydroxylation is 1. The Bertz CT molecular complexity index is 867. The molecule has 2 aromatic carbocycles. The molecule has 5 nitrogen and oxygen atoms in total. The number of amides is 2. The van der Waals surface area contributed by atoms with E-state index in [2.05, 4.69) is 5.32 Å². The quantitative estimate of drug-likeness (QED) is 0.760. The monoisotopic (exact) mass is 307 g/mol. The van der Waals surface area contributed by atoms with E-state index in [0.717, 1.165) is 10.9 Å². The first-order valence-electron chi connectivity index (χ1n) is 7.38. The molecule has 0 bridgehead atoms. The van der Waals surface area contributed by atoms with Crippen molar-refractivity contribution < 1.29 is 9.59 Å². The average molecular weight is 307 g/mol. The van der Waals surface area contributed by atoms with Crippen molar-refractivity contribution in [2.75, 3.05) is 5.32 Å². The minimum atomic E-state index is -0.558. The highest BCUT2D eigenvalue weighted by molar-refractivity contribution is 6.02. The Labute approximate surface area is 133 Å². The van der Waals surface area contributed by atoms with Gasteiger partial charge in [-0.1, -0.05) is 30.3 Å². The van der Waals surface area contributed by atoms with Gasteiger partial charge in [0.25, 0.3) is 5.91 Å². The van der Waals surface area contributed by atoms with Crippen LogP contribution < -0.4 is 11.1 Å². The van der Waals surface area contributed by atoms with Gasteiger partial charge in [-0.25, -0.2) is 0 Å². The molecule has 116 valence electrons. The fourth-order valence-electron chi connectivity index (χ4n) is 2.58. The molecule has 3 aromatic rings. The van der Waals surface area contributed by atoms with Gasteiger partial charge in [0.1, 0.15) is 0 Å². The predicted octanol–water partition coefficient (Wildman–Crippen LogP) is 2.77. The smallest absolute Gasteiger partial charge is 0.250 e.